The van der Waals surface area contributed by atoms with Crippen molar-refractivity contribution in [3.63, 3.8) is 0 Å². The molecule has 0 bridgehead atoms. The van der Waals surface area contributed by atoms with Crippen LogP contribution in [0.15, 0.2) is 39.2 Å². The fraction of sp³-hybridized carbons (Fsp3) is 0.0769. The van der Waals surface area contributed by atoms with Crippen LogP contribution in [-0.4, -0.2) is 18.9 Å². The Labute approximate surface area is 116 Å². The lowest BCUT2D eigenvalue weighted by molar-refractivity contribution is 0.0563. The second-order valence-electron chi connectivity index (χ2n) is 3.61. The zero-order valence-corrected chi connectivity index (χ0v) is 11.4. The summed E-state index contributed by atoms with van der Waals surface area (Å²) in [4.78, 5) is 23.2. The Balaban J connectivity index is 2.31. The first-order valence-electron chi connectivity index (χ1n) is 5.21. The molecule has 0 saturated carbocycles. The zero-order chi connectivity index (χ0) is 14.0. The fourth-order valence-electron chi connectivity index (χ4n) is 1.45. The molecule has 19 heavy (non-hydrogen) atoms. The van der Waals surface area contributed by atoms with Crippen molar-refractivity contribution in [1.29, 1.82) is 0 Å². The first-order chi connectivity index (χ1) is 9.02. The number of hydrogen-bond acceptors (Lipinski definition) is 4. The average molecular weight is 327 g/mol. The summed E-state index contributed by atoms with van der Waals surface area (Å²) in [6.45, 7) is 0. The largest absolute Gasteiger partial charge is 0.463 e. The number of esters is 1. The van der Waals surface area contributed by atoms with Crippen molar-refractivity contribution in [1.82, 2.24) is 0 Å². The minimum atomic E-state index is -0.680. The van der Waals surface area contributed by atoms with E-state index >= 15 is 0 Å². The van der Waals surface area contributed by atoms with E-state index in [4.69, 9.17) is 4.42 Å². The Hall–Kier alpha value is -1.95. The zero-order valence-electron chi connectivity index (χ0n) is 9.78. The molecule has 0 saturated heterocycles. The lowest BCUT2D eigenvalue weighted by atomic mass is 10.1. The number of ether oxygens (including phenoxy) is 1. The van der Waals surface area contributed by atoms with Gasteiger partial charge in [-0.25, -0.2) is 9.18 Å². The maximum Gasteiger partial charge on any atom is 0.373 e. The van der Waals surface area contributed by atoms with Crippen molar-refractivity contribution in [2.45, 2.75) is 0 Å². The number of carbonyl (C=O) groups is 2. The number of rotatable bonds is 3. The molecule has 2 rings (SSSR count). The number of benzene rings is 1. The van der Waals surface area contributed by atoms with Gasteiger partial charge in [-0.1, -0.05) is 0 Å². The number of ketones is 1. The van der Waals surface area contributed by atoms with Crippen molar-refractivity contribution in [3.05, 3.63) is 57.7 Å². The predicted octanol–water partition coefficient (Wildman–Crippen LogP) is 3.20. The van der Waals surface area contributed by atoms with Gasteiger partial charge in [0, 0.05) is 5.56 Å². The Morgan fingerprint density at radius 3 is 2.53 bits per heavy atom. The highest BCUT2D eigenvalue weighted by Gasteiger charge is 2.18. The molecule has 0 aliphatic heterocycles. The molecule has 2 aromatic rings. The van der Waals surface area contributed by atoms with Crippen LogP contribution in [0.25, 0.3) is 0 Å². The van der Waals surface area contributed by atoms with Gasteiger partial charge in [0.2, 0.25) is 11.5 Å². The molecule has 0 aliphatic rings. The van der Waals surface area contributed by atoms with Crippen molar-refractivity contribution in [2.24, 2.45) is 0 Å². The molecule has 0 atom stereocenters. The van der Waals surface area contributed by atoms with Crippen molar-refractivity contribution < 1.29 is 23.1 Å². The molecule has 6 heteroatoms. The summed E-state index contributed by atoms with van der Waals surface area (Å²) >= 11 is 3.00. The summed E-state index contributed by atoms with van der Waals surface area (Å²) in [6.07, 6.45) is 0. The topological polar surface area (TPSA) is 56.5 Å². The van der Waals surface area contributed by atoms with Gasteiger partial charge in [0.25, 0.3) is 0 Å². The lowest BCUT2D eigenvalue weighted by Gasteiger charge is -1.99. The molecule has 0 amide bonds. The van der Waals surface area contributed by atoms with Crippen LogP contribution in [0, 0.1) is 5.82 Å². The van der Waals surface area contributed by atoms with Crippen molar-refractivity contribution >= 4 is 27.7 Å². The van der Waals surface area contributed by atoms with E-state index < -0.39 is 17.6 Å². The average Bonchev–Trinajstić information content (AvgIpc) is 2.89. The van der Waals surface area contributed by atoms with Gasteiger partial charge in [-0.05, 0) is 46.3 Å². The number of halogens is 2. The number of methoxy groups -OCH3 is 1. The summed E-state index contributed by atoms with van der Waals surface area (Å²) in [6, 6.07) is 6.64. The first kappa shape index (κ1) is 13.5. The number of hydrogen-bond donors (Lipinski definition) is 0. The van der Waals surface area contributed by atoms with Crippen molar-refractivity contribution in [2.75, 3.05) is 7.11 Å². The molecular formula is C13H8BrFO4. The Morgan fingerprint density at radius 2 is 1.89 bits per heavy atom. The van der Waals surface area contributed by atoms with Gasteiger partial charge in [-0.3, -0.25) is 4.79 Å². The minimum absolute atomic E-state index is 0.0536. The summed E-state index contributed by atoms with van der Waals surface area (Å²) < 4.78 is 23.1. The van der Waals surface area contributed by atoms with Crippen LogP contribution in [0.4, 0.5) is 4.39 Å². The Kier molecular flexibility index (Phi) is 3.80. The van der Waals surface area contributed by atoms with E-state index in [0.29, 0.717) is 0 Å². The van der Waals surface area contributed by atoms with Gasteiger partial charge >= 0.3 is 5.97 Å². The van der Waals surface area contributed by atoms with Crippen LogP contribution < -0.4 is 0 Å². The second kappa shape index (κ2) is 5.36. The summed E-state index contributed by atoms with van der Waals surface area (Å²) in [5.74, 6) is -1.88. The molecule has 0 spiro atoms. The van der Waals surface area contributed by atoms with Gasteiger partial charge < -0.3 is 9.15 Å². The van der Waals surface area contributed by atoms with Crippen LogP contribution in [0.3, 0.4) is 0 Å². The van der Waals surface area contributed by atoms with E-state index in [-0.39, 0.29) is 21.6 Å². The van der Waals surface area contributed by atoms with Gasteiger partial charge in [0.05, 0.1) is 11.6 Å². The third-order valence-corrected chi connectivity index (χ3v) is 3.04. The molecule has 0 N–H and O–H groups in total. The van der Waals surface area contributed by atoms with E-state index in [1.807, 2.05) is 0 Å². The molecule has 1 aromatic heterocycles. The molecular weight excluding hydrogens is 319 g/mol. The standard InChI is InChI=1S/C13H8BrFO4/c1-18-13(17)11-5-4-10(19-11)12(16)7-2-3-8(14)9(15)6-7/h2-6H,1H3. The number of carbonyl (C=O) groups excluding carboxylic acids is 2. The SMILES string of the molecule is COC(=O)c1ccc(C(=O)c2ccc(Br)c(F)c2)o1. The van der Waals surface area contributed by atoms with E-state index in [9.17, 15) is 14.0 Å². The predicted molar refractivity (Wildman–Crippen MR) is 67.6 cm³/mol. The van der Waals surface area contributed by atoms with Gasteiger partial charge in [0.1, 0.15) is 5.82 Å². The summed E-state index contributed by atoms with van der Waals surface area (Å²) in [5, 5.41) is 0. The van der Waals surface area contributed by atoms with E-state index in [1.54, 1.807) is 0 Å². The third kappa shape index (κ3) is 2.73. The maximum absolute atomic E-state index is 13.3. The van der Waals surface area contributed by atoms with Crippen LogP contribution in [0.1, 0.15) is 26.7 Å². The first-order valence-corrected chi connectivity index (χ1v) is 6.00. The normalized spacial score (nSPS) is 10.3. The van der Waals surface area contributed by atoms with Gasteiger partial charge in [-0.2, -0.15) is 0 Å². The molecule has 0 fully saturated rings. The molecule has 0 unspecified atom stereocenters. The lowest BCUT2D eigenvalue weighted by Crippen LogP contribution is -2.02. The number of furan rings is 1. The molecule has 98 valence electrons. The van der Waals surface area contributed by atoms with Crippen LogP contribution in [0.2, 0.25) is 0 Å². The molecule has 1 aromatic carbocycles. The fourth-order valence-corrected chi connectivity index (χ4v) is 1.70. The smallest absolute Gasteiger partial charge is 0.373 e. The van der Waals surface area contributed by atoms with Gasteiger partial charge in [0.15, 0.2) is 5.76 Å². The Morgan fingerprint density at radius 1 is 1.21 bits per heavy atom. The van der Waals surface area contributed by atoms with Crippen LogP contribution >= 0.6 is 15.9 Å². The van der Waals surface area contributed by atoms with Gasteiger partial charge in [-0.15, -0.1) is 0 Å². The van der Waals surface area contributed by atoms with E-state index in [2.05, 4.69) is 20.7 Å². The Bertz CT molecular complexity index is 648. The summed E-state index contributed by atoms with van der Waals surface area (Å²) in [7, 11) is 1.20. The highest BCUT2D eigenvalue weighted by molar-refractivity contribution is 9.10. The third-order valence-electron chi connectivity index (χ3n) is 2.40. The van der Waals surface area contributed by atoms with E-state index in [1.165, 1.54) is 31.4 Å². The quantitative estimate of drug-likeness (QED) is 0.642. The highest BCUT2D eigenvalue weighted by Crippen LogP contribution is 2.19. The minimum Gasteiger partial charge on any atom is -0.463 e. The van der Waals surface area contributed by atoms with Crippen molar-refractivity contribution in [3.8, 4) is 0 Å². The molecule has 1 heterocycles. The molecule has 0 aliphatic carbocycles. The molecule has 0 radical (unpaired) electrons. The monoisotopic (exact) mass is 326 g/mol. The highest BCUT2D eigenvalue weighted by atomic mass is 79.9. The maximum atomic E-state index is 13.3. The van der Waals surface area contributed by atoms with Crippen LogP contribution in [0.5, 0.6) is 0 Å². The van der Waals surface area contributed by atoms with E-state index in [0.717, 1.165) is 6.07 Å². The van der Waals surface area contributed by atoms with Crippen LogP contribution in [-0.2, 0) is 4.74 Å². The summed E-state index contributed by atoms with van der Waals surface area (Å²) in [5.41, 5.74) is 0.131. The molecule has 4 nitrogen and oxygen atoms in total. The second-order valence-corrected chi connectivity index (χ2v) is 4.47.